The first-order chi connectivity index (χ1) is 31.3. The summed E-state index contributed by atoms with van der Waals surface area (Å²) in [6.07, 6.45) is 3.12. The monoisotopic (exact) mass is 960 g/mol. The highest BCUT2D eigenvalue weighted by Gasteiger charge is 2.87. The molecular weight excluding hydrogens is 913 g/mol. The molecule has 8 fully saturated rings. The Hall–Kier alpha value is -4.64. The highest BCUT2D eigenvalue weighted by Crippen LogP contribution is 2.78. The van der Waals surface area contributed by atoms with Gasteiger partial charge in [-0.1, -0.05) is 89.0 Å². The quantitative estimate of drug-likeness (QED) is 0.0629. The number of fused-ring (bicyclic) bond motifs is 11. The van der Waals surface area contributed by atoms with Gasteiger partial charge in [-0.25, -0.2) is 5.48 Å². The van der Waals surface area contributed by atoms with Crippen LogP contribution in [0.2, 0.25) is 0 Å². The molecule has 0 aliphatic carbocycles. The van der Waals surface area contributed by atoms with E-state index >= 15 is 0 Å². The Balaban J connectivity index is 0.000000223. The van der Waals surface area contributed by atoms with Crippen molar-refractivity contribution < 1.29 is 44.2 Å². The normalized spacial score (nSPS) is 33.9. The molecule has 8 atom stereocenters. The number of anilines is 3. The SMILES string of the molecule is CN1C(=O)[C@@]23C[C@]4([C@]56C[C@@]78SS[C@@](CO)(C(=O)N7[C@H]5Nc5ccccc56)N(C)C8=O)c5ccccc5N[C@@H]4N2C(=O)[C@]1(CO)SS3.O=C(CCCCCCC(=O)Nc1ccccc1)NO. The summed E-state index contributed by atoms with van der Waals surface area (Å²) >= 11 is 0. The van der Waals surface area contributed by atoms with Crippen molar-refractivity contribution >= 4 is 95.7 Å². The van der Waals surface area contributed by atoms with Crippen molar-refractivity contribution in [1.29, 1.82) is 0 Å². The van der Waals surface area contributed by atoms with Gasteiger partial charge >= 0.3 is 0 Å². The van der Waals surface area contributed by atoms with Gasteiger partial charge in [0, 0.05) is 56.8 Å². The molecule has 8 saturated heterocycles. The topological polar surface area (TPSA) is 224 Å². The van der Waals surface area contributed by atoms with E-state index in [-0.39, 0.29) is 48.3 Å². The Labute approximate surface area is 390 Å². The first-order valence-corrected chi connectivity index (χ1v) is 25.8. The average molecular weight is 961 g/mol. The van der Waals surface area contributed by atoms with Crippen LogP contribution in [0.5, 0.6) is 0 Å². The third kappa shape index (κ3) is 5.68. The molecular formula is C44H48N8O9S4. The maximum atomic E-state index is 14.7. The predicted molar refractivity (Wildman–Crippen MR) is 248 cm³/mol. The summed E-state index contributed by atoms with van der Waals surface area (Å²) in [5.41, 5.74) is 3.86. The Bertz CT molecular complexity index is 2400. The molecule has 3 aromatic carbocycles. The number of para-hydroxylation sites is 3. The second-order valence-electron chi connectivity index (χ2n) is 17.7. The lowest BCUT2D eigenvalue weighted by Crippen LogP contribution is -2.77. The van der Waals surface area contributed by atoms with Gasteiger partial charge in [-0.15, -0.1) is 0 Å². The van der Waals surface area contributed by atoms with Gasteiger partial charge in [-0.3, -0.25) is 43.8 Å². The van der Waals surface area contributed by atoms with Crippen LogP contribution in [0.3, 0.4) is 0 Å². The third-order valence-electron chi connectivity index (χ3n) is 14.7. The van der Waals surface area contributed by atoms with Gasteiger partial charge < -0.3 is 36.0 Å². The standard InChI is InChI=1S/C30H28N6O6S4.C14H20N2O3/c1-33-21(39)27-11-25(15-7-3-5-9-17(15)31-19(25)35(27)23(41)29(33,13-37)45-43-27)26-12-28-22(40)34(2)30(14-38,46-44-28)24(42)36(28)20(26)32-18-10-6-4-8-16(18)26;17-13(15-12-8-4-3-5-9-12)10-6-1-2-7-11-14(18)16-19/h3-10,19-20,31-32,37-38H,11-14H2,1-2H3;3-5,8-9,19H,1-2,6-7,10-11H2,(H,15,17)(H,16,18)/t19-,20-,25+,26+,27+,28+,29+,30+;/m1./s1. The summed E-state index contributed by atoms with van der Waals surface area (Å²) < 4.78 is 0. The molecule has 10 aliphatic rings. The average Bonchev–Trinajstić information content (AvgIpc) is 4.01. The molecule has 2 spiro atoms. The lowest BCUT2D eigenvalue weighted by atomic mass is 9.54. The molecule has 7 N–H and O–H groups in total. The van der Waals surface area contributed by atoms with Crippen LogP contribution >= 0.6 is 43.2 Å². The van der Waals surface area contributed by atoms with Crippen LogP contribution in [-0.4, -0.2) is 130 Å². The van der Waals surface area contributed by atoms with E-state index < -0.39 is 55.9 Å². The number of hydroxylamine groups is 1. The zero-order chi connectivity index (χ0) is 45.7. The smallest absolute Gasteiger partial charge is 0.265 e. The van der Waals surface area contributed by atoms with Gasteiger partial charge in [0.15, 0.2) is 9.74 Å². The zero-order valence-corrected chi connectivity index (χ0v) is 38.7. The number of benzene rings is 3. The van der Waals surface area contributed by atoms with Crippen LogP contribution in [0.4, 0.5) is 17.1 Å². The van der Waals surface area contributed by atoms with E-state index in [1.807, 2.05) is 78.9 Å². The number of amides is 6. The number of hydrogen-bond acceptors (Lipinski definition) is 15. The molecule has 0 aromatic heterocycles. The minimum atomic E-state index is -1.47. The molecule has 10 aliphatic heterocycles. The number of piperazine rings is 2. The van der Waals surface area contributed by atoms with Gasteiger partial charge in [0.2, 0.25) is 21.6 Å². The highest BCUT2D eigenvalue weighted by atomic mass is 33.1. The van der Waals surface area contributed by atoms with Crippen LogP contribution in [0, 0.1) is 0 Å². The third-order valence-corrected chi connectivity index (χ3v) is 22.0. The lowest BCUT2D eigenvalue weighted by Gasteiger charge is -2.57. The molecule has 13 rings (SSSR count). The van der Waals surface area contributed by atoms with Gasteiger partial charge in [-0.2, -0.15) is 0 Å². The number of unbranched alkanes of at least 4 members (excludes halogenated alkanes) is 3. The minimum absolute atomic E-state index is 0.0132. The molecule has 65 heavy (non-hydrogen) atoms. The summed E-state index contributed by atoms with van der Waals surface area (Å²) in [6.45, 7) is -1.07. The number of nitrogens with zero attached hydrogens (tertiary/aromatic N) is 4. The number of hydrogen-bond donors (Lipinski definition) is 7. The fraction of sp³-hybridized carbons (Fsp3) is 0.455. The Kier molecular flexibility index (Phi) is 10.7. The van der Waals surface area contributed by atoms with Crippen LogP contribution in [0.1, 0.15) is 62.5 Å². The fourth-order valence-corrected chi connectivity index (χ4v) is 18.9. The molecule has 10 heterocycles. The number of carbonyl (C=O) groups is 6. The fourth-order valence-electron chi connectivity index (χ4n) is 11.6. The minimum Gasteiger partial charge on any atom is -0.392 e. The maximum Gasteiger partial charge on any atom is 0.265 e. The van der Waals surface area contributed by atoms with E-state index in [9.17, 15) is 39.0 Å². The van der Waals surface area contributed by atoms with Crippen molar-refractivity contribution in [3.8, 4) is 0 Å². The van der Waals surface area contributed by atoms with Gasteiger partial charge in [0.1, 0.15) is 12.3 Å². The van der Waals surface area contributed by atoms with E-state index in [0.29, 0.717) is 12.8 Å². The van der Waals surface area contributed by atoms with Crippen molar-refractivity contribution in [1.82, 2.24) is 25.1 Å². The zero-order valence-electron chi connectivity index (χ0n) is 35.4. The number of nitrogens with one attached hydrogen (secondary N) is 4. The summed E-state index contributed by atoms with van der Waals surface area (Å²) in [5, 5.41) is 39.7. The molecule has 0 saturated carbocycles. The summed E-state index contributed by atoms with van der Waals surface area (Å²) in [7, 11) is 8.28. The number of likely N-dealkylation sites (N-methyl/N-ethyl adjacent to an activating group) is 2. The Morgan fingerprint density at radius 1 is 0.615 bits per heavy atom. The van der Waals surface area contributed by atoms with Crippen molar-refractivity contribution in [2.45, 2.75) is 94.0 Å². The Morgan fingerprint density at radius 3 is 1.49 bits per heavy atom. The molecule has 4 bridgehead atoms. The number of aliphatic hydroxyl groups is 2. The summed E-state index contributed by atoms with van der Waals surface area (Å²) in [6, 6.07) is 25.1. The van der Waals surface area contributed by atoms with E-state index in [4.69, 9.17) is 5.21 Å². The molecule has 21 heteroatoms. The van der Waals surface area contributed by atoms with Crippen LogP contribution in [-0.2, 0) is 39.6 Å². The maximum absolute atomic E-state index is 14.7. The van der Waals surface area contributed by atoms with Crippen molar-refractivity contribution in [3.63, 3.8) is 0 Å². The van der Waals surface area contributed by atoms with Crippen LogP contribution < -0.4 is 21.4 Å². The highest BCUT2D eigenvalue weighted by molar-refractivity contribution is 8.78. The Morgan fingerprint density at radius 2 is 1.05 bits per heavy atom. The number of carbonyl (C=O) groups excluding carboxylic acids is 6. The molecule has 6 amide bonds. The van der Waals surface area contributed by atoms with E-state index in [2.05, 4.69) is 16.0 Å². The van der Waals surface area contributed by atoms with Gasteiger partial charge in [-0.05, 0) is 69.8 Å². The first-order valence-electron chi connectivity index (χ1n) is 21.5. The van der Waals surface area contributed by atoms with E-state index in [0.717, 1.165) is 53.9 Å². The van der Waals surface area contributed by atoms with Crippen molar-refractivity contribution in [2.75, 3.05) is 43.3 Å². The summed E-state index contributed by atoms with van der Waals surface area (Å²) in [4.78, 5) is 81.4. The van der Waals surface area contributed by atoms with Gasteiger partial charge in [0.25, 0.3) is 23.6 Å². The molecule has 0 radical (unpaired) electrons. The largest absolute Gasteiger partial charge is 0.392 e. The molecule has 17 nitrogen and oxygen atoms in total. The molecule has 3 aromatic rings. The second-order valence-corrected chi connectivity index (χ2v) is 23.1. The second kappa shape index (κ2) is 15.7. The van der Waals surface area contributed by atoms with E-state index in [1.54, 1.807) is 29.4 Å². The van der Waals surface area contributed by atoms with Crippen molar-refractivity contribution in [3.05, 3.63) is 90.0 Å². The predicted octanol–water partition coefficient (Wildman–Crippen LogP) is 3.81. The lowest BCUT2D eigenvalue weighted by molar-refractivity contribution is -0.166. The molecule has 342 valence electrons. The van der Waals surface area contributed by atoms with Crippen molar-refractivity contribution in [2.24, 2.45) is 0 Å². The number of rotatable bonds is 11. The van der Waals surface area contributed by atoms with E-state index in [1.165, 1.54) is 53.0 Å². The van der Waals surface area contributed by atoms with Crippen LogP contribution in [0.15, 0.2) is 78.9 Å². The first kappa shape index (κ1) is 44.2. The molecule has 0 unspecified atom stereocenters. The number of aliphatic hydroxyl groups excluding tert-OH is 2. The van der Waals surface area contributed by atoms with Crippen LogP contribution in [0.25, 0.3) is 0 Å². The summed E-state index contributed by atoms with van der Waals surface area (Å²) in [5.74, 6) is -1.54. The van der Waals surface area contributed by atoms with Gasteiger partial charge in [0.05, 0.1) is 24.0 Å².